The van der Waals surface area contributed by atoms with Gasteiger partial charge < -0.3 is 10.0 Å². The molecule has 0 unspecified atom stereocenters. The van der Waals surface area contributed by atoms with Crippen LogP contribution in [0, 0.1) is 5.82 Å². The van der Waals surface area contributed by atoms with Gasteiger partial charge in [-0.2, -0.15) is 0 Å². The van der Waals surface area contributed by atoms with Crippen LogP contribution in [0.3, 0.4) is 0 Å². The van der Waals surface area contributed by atoms with E-state index in [2.05, 4.69) is 4.90 Å². The van der Waals surface area contributed by atoms with Gasteiger partial charge in [0.25, 0.3) is 0 Å². The zero-order chi connectivity index (χ0) is 13.8. The summed E-state index contributed by atoms with van der Waals surface area (Å²) in [6.07, 6.45) is 0.617. The molecule has 1 fully saturated rings. The Bertz CT molecular complexity index is 428. The highest BCUT2D eigenvalue weighted by atomic mass is 19.1. The van der Waals surface area contributed by atoms with E-state index in [0.717, 1.165) is 31.9 Å². The van der Waals surface area contributed by atoms with Crippen molar-refractivity contribution < 1.29 is 14.3 Å². The number of benzene rings is 1. The molecule has 0 spiro atoms. The molecule has 104 valence electrons. The number of hydrogen-bond donors (Lipinski definition) is 1. The SMILES string of the molecule is CC[C@H](C(=O)O)N1CCN(c2ccc(F)cc2)CC1. The molecule has 0 aliphatic carbocycles. The van der Waals surface area contributed by atoms with Crippen molar-refractivity contribution in [3.05, 3.63) is 30.1 Å². The molecule has 1 N–H and O–H groups in total. The van der Waals surface area contributed by atoms with Gasteiger partial charge in [0.1, 0.15) is 11.9 Å². The van der Waals surface area contributed by atoms with Gasteiger partial charge >= 0.3 is 5.97 Å². The Kier molecular flexibility index (Phi) is 4.37. The van der Waals surface area contributed by atoms with E-state index in [1.165, 1.54) is 12.1 Å². The monoisotopic (exact) mass is 266 g/mol. The Morgan fingerprint density at radius 3 is 2.32 bits per heavy atom. The Morgan fingerprint density at radius 2 is 1.84 bits per heavy atom. The molecule has 5 heteroatoms. The molecule has 0 saturated carbocycles. The molecule has 2 rings (SSSR count). The first kappa shape index (κ1) is 13.8. The van der Waals surface area contributed by atoms with Gasteiger partial charge in [0, 0.05) is 31.9 Å². The molecule has 19 heavy (non-hydrogen) atoms. The zero-order valence-electron chi connectivity index (χ0n) is 11.1. The molecular weight excluding hydrogens is 247 g/mol. The molecule has 1 heterocycles. The summed E-state index contributed by atoms with van der Waals surface area (Å²) < 4.78 is 12.9. The van der Waals surface area contributed by atoms with Gasteiger partial charge in [0.05, 0.1) is 0 Å². The Labute approximate surface area is 112 Å². The molecule has 1 aliphatic rings. The van der Waals surface area contributed by atoms with Crippen LogP contribution in [0.2, 0.25) is 0 Å². The van der Waals surface area contributed by atoms with Crippen molar-refractivity contribution in [2.24, 2.45) is 0 Å². The summed E-state index contributed by atoms with van der Waals surface area (Å²) in [5, 5.41) is 9.14. The van der Waals surface area contributed by atoms with E-state index in [-0.39, 0.29) is 5.82 Å². The van der Waals surface area contributed by atoms with Crippen molar-refractivity contribution in [3.63, 3.8) is 0 Å². The fourth-order valence-electron chi connectivity index (χ4n) is 2.53. The molecule has 0 bridgehead atoms. The first-order valence-electron chi connectivity index (χ1n) is 6.59. The maximum atomic E-state index is 12.9. The first-order chi connectivity index (χ1) is 9.11. The Morgan fingerprint density at radius 1 is 1.26 bits per heavy atom. The van der Waals surface area contributed by atoms with Crippen molar-refractivity contribution >= 4 is 11.7 Å². The zero-order valence-corrected chi connectivity index (χ0v) is 11.1. The fourth-order valence-corrected chi connectivity index (χ4v) is 2.53. The van der Waals surface area contributed by atoms with Gasteiger partial charge in [-0.1, -0.05) is 6.92 Å². The predicted octanol–water partition coefficient (Wildman–Crippen LogP) is 1.81. The first-order valence-corrected chi connectivity index (χ1v) is 6.59. The van der Waals surface area contributed by atoms with Crippen LogP contribution < -0.4 is 4.90 Å². The van der Waals surface area contributed by atoms with Crippen molar-refractivity contribution in [1.29, 1.82) is 0 Å². The summed E-state index contributed by atoms with van der Waals surface area (Å²) in [6, 6.07) is 6.04. The molecule has 1 aliphatic heterocycles. The van der Waals surface area contributed by atoms with Crippen LogP contribution in [0.5, 0.6) is 0 Å². The minimum atomic E-state index is -0.752. The summed E-state index contributed by atoms with van der Waals surface area (Å²) >= 11 is 0. The summed E-state index contributed by atoms with van der Waals surface area (Å²) in [5.41, 5.74) is 0.990. The smallest absolute Gasteiger partial charge is 0.320 e. The van der Waals surface area contributed by atoms with Crippen molar-refractivity contribution in [2.75, 3.05) is 31.1 Å². The summed E-state index contributed by atoms with van der Waals surface area (Å²) in [7, 11) is 0. The molecule has 0 amide bonds. The lowest BCUT2D eigenvalue weighted by molar-refractivity contribution is -0.143. The highest BCUT2D eigenvalue weighted by molar-refractivity contribution is 5.73. The molecular formula is C14H19FN2O2. The molecule has 0 radical (unpaired) electrons. The molecule has 1 saturated heterocycles. The topological polar surface area (TPSA) is 43.8 Å². The molecule has 4 nitrogen and oxygen atoms in total. The van der Waals surface area contributed by atoms with E-state index in [1.54, 1.807) is 12.1 Å². The molecule has 1 aromatic carbocycles. The van der Waals surface area contributed by atoms with E-state index in [4.69, 9.17) is 5.11 Å². The van der Waals surface area contributed by atoms with E-state index >= 15 is 0 Å². The summed E-state index contributed by atoms with van der Waals surface area (Å²) in [4.78, 5) is 15.3. The van der Waals surface area contributed by atoms with Gasteiger partial charge in [0.2, 0.25) is 0 Å². The van der Waals surface area contributed by atoms with Crippen LogP contribution >= 0.6 is 0 Å². The largest absolute Gasteiger partial charge is 0.480 e. The summed E-state index contributed by atoms with van der Waals surface area (Å²) in [6.45, 7) is 4.89. The summed E-state index contributed by atoms with van der Waals surface area (Å²) in [5.74, 6) is -0.989. The quantitative estimate of drug-likeness (QED) is 0.902. The molecule has 0 aromatic heterocycles. The number of carbonyl (C=O) groups is 1. The van der Waals surface area contributed by atoms with E-state index in [1.807, 2.05) is 11.8 Å². The Hall–Kier alpha value is -1.62. The number of anilines is 1. The van der Waals surface area contributed by atoms with Crippen molar-refractivity contribution in [3.8, 4) is 0 Å². The van der Waals surface area contributed by atoms with E-state index in [0.29, 0.717) is 6.42 Å². The maximum absolute atomic E-state index is 12.9. The lowest BCUT2D eigenvalue weighted by Crippen LogP contribution is -2.52. The molecule has 1 atom stereocenters. The number of hydrogen-bond acceptors (Lipinski definition) is 3. The third kappa shape index (κ3) is 3.23. The highest BCUT2D eigenvalue weighted by Gasteiger charge is 2.27. The lowest BCUT2D eigenvalue weighted by atomic mass is 10.1. The minimum absolute atomic E-state index is 0.237. The van der Waals surface area contributed by atoms with Gasteiger partial charge in [-0.05, 0) is 30.7 Å². The third-order valence-electron chi connectivity index (χ3n) is 3.62. The second-order valence-electron chi connectivity index (χ2n) is 4.76. The van der Waals surface area contributed by atoms with Gasteiger partial charge in [-0.15, -0.1) is 0 Å². The van der Waals surface area contributed by atoms with Crippen molar-refractivity contribution in [1.82, 2.24) is 4.90 Å². The number of carboxylic acid groups (broad SMARTS) is 1. The standard InChI is InChI=1S/C14H19FN2O2/c1-2-13(14(18)19)17-9-7-16(8-10-17)12-5-3-11(15)4-6-12/h3-6,13H,2,7-10H2,1H3,(H,18,19)/t13-/m1/s1. The second kappa shape index (κ2) is 6.02. The Balaban J connectivity index is 1.95. The number of halogens is 1. The van der Waals surface area contributed by atoms with Crippen LogP contribution in [-0.2, 0) is 4.79 Å². The number of piperazine rings is 1. The number of rotatable bonds is 4. The maximum Gasteiger partial charge on any atom is 0.320 e. The second-order valence-corrected chi connectivity index (χ2v) is 4.76. The third-order valence-corrected chi connectivity index (χ3v) is 3.62. The fraction of sp³-hybridized carbons (Fsp3) is 0.500. The number of aliphatic carboxylic acids is 1. The van der Waals surface area contributed by atoms with Crippen LogP contribution in [0.1, 0.15) is 13.3 Å². The lowest BCUT2D eigenvalue weighted by Gasteiger charge is -2.38. The van der Waals surface area contributed by atoms with E-state index in [9.17, 15) is 9.18 Å². The van der Waals surface area contributed by atoms with Gasteiger partial charge in [-0.3, -0.25) is 9.69 Å². The normalized spacial score (nSPS) is 18.3. The highest BCUT2D eigenvalue weighted by Crippen LogP contribution is 2.18. The van der Waals surface area contributed by atoms with Crippen molar-refractivity contribution in [2.45, 2.75) is 19.4 Å². The van der Waals surface area contributed by atoms with Crippen LogP contribution in [-0.4, -0.2) is 48.2 Å². The number of nitrogens with zero attached hydrogens (tertiary/aromatic N) is 2. The van der Waals surface area contributed by atoms with Gasteiger partial charge in [-0.25, -0.2) is 4.39 Å². The minimum Gasteiger partial charge on any atom is -0.480 e. The predicted molar refractivity (Wildman–Crippen MR) is 71.9 cm³/mol. The average Bonchev–Trinajstić information content (AvgIpc) is 2.41. The van der Waals surface area contributed by atoms with Gasteiger partial charge in [0.15, 0.2) is 0 Å². The van der Waals surface area contributed by atoms with Crippen LogP contribution in [0.15, 0.2) is 24.3 Å². The molecule has 1 aromatic rings. The number of carboxylic acids is 1. The van der Waals surface area contributed by atoms with E-state index < -0.39 is 12.0 Å². The van der Waals surface area contributed by atoms with Crippen LogP contribution in [0.25, 0.3) is 0 Å². The average molecular weight is 266 g/mol. The van der Waals surface area contributed by atoms with Crippen LogP contribution in [0.4, 0.5) is 10.1 Å².